The highest BCUT2D eigenvalue weighted by molar-refractivity contribution is 5.76. The molecule has 2 heterocycles. The summed E-state index contributed by atoms with van der Waals surface area (Å²) < 4.78 is 0. The minimum absolute atomic E-state index is 0.338. The molecule has 1 N–H and O–H groups in total. The van der Waals surface area contributed by atoms with Gasteiger partial charge in [-0.1, -0.05) is 31.0 Å². The quantitative estimate of drug-likeness (QED) is 0.917. The van der Waals surface area contributed by atoms with Crippen molar-refractivity contribution in [1.82, 2.24) is 10.2 Å². The molecule has 3 nitrogen and oxygen atoms in total. The van der Waals surface area contributed by atoms with Gasteiger partial charge in [0.25, 0.3) is 0 Å². The summed E-state index contributed by atoms with van der Waals surface area (Å²) >= 11 is 0. The highest BCUT2D eigenvalue weighted by atomic mass is 16.2. The van der Waals surface area contributed by atoms with Crippen molar-refractivity contribution in [1.29, 1.82) is 0 Å². The van der Waals surface area contributed by atoms with E-state index in [0.29, 0.717) is 12.3 Å². The number of carbonyl (C=O) groups is 1. The molecular weight excluding hydrogens is 248 g/mol. The van der Waals surface area contributed by atoms with Crippen molar-refractivity contribution in [3.05, 3.63) is 34.9 Å². The predicted molar refractivity (Wildman–Crippen MR) is 80.4 cm³/mol. The second kappa shape index (κ2) is 6.40. The summed E-state index contributed by atoms with van der Waals surface area (Å²) in [6.45, 7) is 3.89. The van der Waals surface area contributed by atoms with Crippen molar-refractivity contribution in [2.45, 2.75) is 51.6 Å². The van der Waals surface area contributed by atoms with Gasteiger partial charge in [0.15, 0.2) is 0 Å². The lowest BCUT2D eigenvalue weighted by Gasteiger charge is -2.20. The van der Waals surface area contributed by atoms with Gasteiger partial charge in [-0.3, -0.25) is 4.79 Å². The Morgan fingerprint density at radius 3 is 2.60 bits per heavy atom. The van der Waals surface area contributed by atoms with Crippen LogP contribution in [-0.2, 0) is 24.3 Å². The first kappa shape index (κ1) is 13.6. The fraction of sp³-hybridized carbons (Fsp3) is 0.588. The molecule has 1 saturated heterocycles. The number of fused-ring (bicyclic) bond motifs is 1. The third kappa shape index (κ3) is 3.21. The normalized spacial score (nSPS) is 18.7. The van der Waals surface area contributed by atoms with Crippen LogP contribution in [0.2, 0.25) is 0 Å². The third-order valence-corrected chi connectivity index (χ3v) is 4.49. The molecule has 108 valence electrons. The van der Waals surface area contributed by atoms with Gasteiger partial charge in [-0.15, -0.1) is 0 Å². The van der Waals surface area contributed by atoms with Gasteiger partial charge in [-0.2, -0.15) is 0 Å². The van der Waals surface area contributed by atoms with Crippen molar-refractivity contribution in [2.24, 2.45) is 0 Å². The summed E-state index contributed by atoms with van der Waals surface area (Å²) in [5.41, 5.74) is 4.12. The van der Waals surface area contributed by atoms with E-state index in [1.807, 2.05) is 0 Å². The number of carbonyl (C=O) groups excluding carboxylic acids is 1. The molecule has 2 aliphatic heterocycles. The summed E-state index contributed by atoms with van der Waals surface area (Å²) in [5, 5.41) is 3.36. The van der Waals surface area contributed by atoms with Crippen LogP contribution in [-0.4, -0.2) is 23.9 Å². The molecule has 0 atom stereocenters. The third-order valence-electron chi connectivity index (χ3n) is 4.49. The van der Waals surface area contributed by atoms with E-state index in [4.69, 9.17) is 0 Å². The van der Waals surface area contributed by atoms with Gasteiger partial charge in [-0.05, 0) is 36.0 Å². The molecule has 1 amide bonds. The van der Waals surface area contributed by atoms with Crippen LogP contribution in [0.3, 0.4) is 0 Å². The van der Waals surface area contributed by atoms with Crippen LogP contribution in [0.1, 0.15) is 48.8 Å². The molecule has 2 aliphatic rings. The first-order chi connectivity index (χ1) is 9.83. The van der Waals surface area contributed by atoms with Gasteiger partial charge in [-0.25, -0.2) is 0 Å². The molecule has 0 unspecified atom stereocenters. The molecule has 1 fully saturated rings. The van der Waals surface area contributed by atoms with Crippen LogP contribution in [0.25, 0.3) is 0 Å². The lowest BCUT2D eigenvalue weighted by Crippen LogP contribution is -2.31. The molecular formula is C17H24N2O. The summed E-state index contributed by atoms with van der Waals surface area (Å²) in [5.74, 6) is 0.338. The number of rotatable bonds is 3. The van der Waals surface area contributed by atoms with E-state index in [1.54, 1.807) is 0 Å². The molecule has 1 aromatic rings. The van der Waals surface area contributed by atoms with Crippen molar-refractivity contribution in [3.8, 4) is 0 Å². The van der Waals surface area contributed by atoms with Crippen LogP contribution in [0.5, 0.6) is 0 Å². The fourth-order valence-electron chi connectivity index (χ4n) is 3.23. The maximum Gasteiger partial charge on any atom is 0.222 e. The molecule has 3 heteroatoms. The van der Waals surface area contributed by atoms with Gasteiger partial charge in [0, 0.05) is 32.6 Å². The Hall–Kier alpha value is -1.35. The number of hydrogen-bond acceptors (Lipinski definition) is 2. The highest BCUT2D eigenvalue weighted by Gasteiger charge is 2.16. The Bertz CT molecular complexity index is 476. The van der Waals surface area contributed by atoms with Gasteiger partial charge in [0.2, 0.25) is 5.91 Å². The average Bonchev–Trinajstić information content (AvgIpc) is 2.76. The van der Waals surface area contributed by atoms with E-state index >= 15 is 0 Å². The summed E-state index contributed by atoms with van der Waals surface area (Å²) in [6.07, 6.45) is 6.45. The van der Waals surface area contributed by atoms with Crippen molar-refractivity contribution >= 4 is 5.91 Å². The smallest absolute Gasteiger partial charge is 0.222 e. The molecule has 3 rings (SSSR count). The molecule has 0 bridgehead atoms. The van der Waals surface area contributed by atoms with Crippen molar-refractivity contribution < 1.29 is 4.79 Å². The lowest BCUT2D eigenvalue weighted by atomic mass is 10.0. The fourth-order valence-corrected chi connectivity index (χ4v) is 3.23. The van der Waals surface area contributed by atoms with E-state index in [9.17, 15) is 4.79 Å². The van der Waals surface area contributed by atoms with Gasteiger partial charge in [0.05, 0.1) is 0 Å². The SMILES string of the molecule is O=C(CCc1ccc2c(c1)CNC2)N1CCCCCC1. The van der Waals surface area contributed by atoms with E-state index < -0.39 is 0 Å². The Balaban J connectivity index is 1.54. The monoisotopic (exact) mass is 272 g/mol. The van der Waals surface area contributed by atoms with Crippen LogP contribution < -0.4 is 5.32 Å². The lowest BCUT2D eigenvalue weighted by molar-refractivity contribution is -0.131. The standard InChI is InChI=1S/C17H24N2O/c20-17(19-9-3-1-2-4-10-19)8-6-14-5-7-15-12-18-13-16(15)11-14/h5,7,11,18H,1-4,6,8-10,12-13H2. The number of benzene rings is 1. The molecule has 0 radical (unpaired) electrons. The molecule has 0 aliphatic carbocycles. The second-order valence-electron chi connectivity index (χ2n) is 6.00. The molecule has 0 spiro atoms. The number of nitrogens with zero attached hydrogens (tertiary/aromatic N) is 1. The second-order valence-corrected chi connectivity index (χ2v) is 6.00. The van der Waals surface area contributed by atoms with E-state index in [1.165, 1.54) is 42.4 Å². The first-order valence-corrected chi connectivity index (χ1v) is 7.92. The van der Waals surface area contributed by atoms with Gasteiger partial charge >= 0.3 is 0 Å². The largest absolute Gasteiger partial charge is 0.343 e. The number of likely N-dealkylation sites (tertiary alicyclic amines) is 1. The molecule has 0 aromatic heterocycles. The Labute approximate surface area is 121 Å². The van der Waals surface area contributed by atoms with Crippen molar-refractivity contribution in [3.63, 3.8) is 0 Å². The van der Waals surface area contributed by atoms with Crippen molar-refractivity contribution in [2.75, 3.05) is 13.1 Å². The Morgan fingerprint density at radius 2 is 1.80 bits per heavy atom. The zero-order valence-corrected chi connectivity index (χ0v) is 12.2. The summed E-state index contributed by atoms with van der Waals surface area (Å²) in [7, 11) is 0. The topological polar surface area (TPSA) is 32.3 Å². The van der Waals surface area contributed by atoms with E-state index in [-0.39, 0.29) is 0 Å². The highest BCUT2D eigenvalue weighted by Crippen LogP contribution is 2.18. The van der Waals surface area contributed by atoms with Crippen LogP contribution in [0.4, 0.5) is 0 Å². The summed E-state index contributed by atoms with van der Waals surface area (Å²) in [6, 6.07) is 6.66. The Kier molecular flexibility index (Phi) is 4.36. The molecule has 20 heavy (non-hydrogen) atoms. The number of hydrogen-bond donors (Lipinski definition) is 1. The number of amides is 1. The number of nitrogens with one attached hydrogen (secondary N) is 1. The minimum Gasteiger partial charge on any atom is -0.343 e. The summed E-state index contributed by atoms with van der Waals surface area (Å²) in [4.78, 5) is 14.3. The average molecular weight is 272 g/mol. The van der Waals surface area contributed by atoms with Crippen LogP contribution in [0, 0.1) is 0 Å². The van der Waals surface area contributed by atoms with Gasteiger partial charge < -0.3 is 10.2 Å². The Morgan fingerprint density at radius 1 is 1.05 bits per heavy atom. The van der Waals surface area contributed by atoms with Crippen LogP contribution >= 0.6 is 0 Å². The van der Waals surface area contributed by atoms with Crippen LogP contribution in [0.15, 0.2) is 18.2 Å². The molecule has 0 saturated carbocycles. The molecule has 1 aromatic carbocycles. The zero-order valence-electron chi connectivity index (χ0n) is 12.2. The maximum atomic E-state index is 12.3. The maximum absolute atomic E-state index is 12.3. The minimum atomic E-state index is 0.338. The van der Waals surface area contributed by atoms with Gasteiger partial charge in [0.1, 0.15) is 0 Å². The van der Waals surface area contributed by atoms with E-state index in [2.05, 4.69) is 28.4 Å². The van der Waals surface area contributed by atoms with E-state index in [0.717, 1.165) is 32.6 Å². The first-order valence-electron chi connectivity index (χ1n) is 7.92. The zero-order chi connectivity index (χ0) is 13.8. The predicted octanol–water partition coefficient (Wildman–Crippen LogP) is 2.63. The number of aryl methyl sites for hydroxylation is 1.